The van der Waals surface area contributed by atoms with Crippen molar-refractivity contribution in [2.45, 2.75) is 0 Å². The molecule has 0 fully saturated rings. The smallest absolute Gasteiger partial charge is 0.759 e. The van der Waals surface area contributed by atoms with Gasteiger partial charge in [-0.15, -0.1) is 0 Å². The minimum absolute atomic E-state index is 0. The second-order valence-electron chi connectivity index (χ2n) is 1.22. The van der Waals surface area contributed by atoms with Gasteiger partial charge in [0, 0.05) is 31.2 Å². The zero-order valence-electron chi connectivity index (χ0n) is 8.78. The average molecular weight is 572 g/mol. The summed E-state index contributed by atoms with van der Waals surface area (Å²) < 4.78 is 102. The fourth-order valence-corrected chi connectivity index (χ4v) is 0. The van der Waals surface area contributed by atoms with E-state index in [4.69, 9.17) is 52.6 Å². The molecule has 0 saturated carbocycles. The van der Waals surface area contributed by atoms with Crippen molar-refractivity contribution < 1.29 is 69.0 Å². The Balaban J connectivity index is -0.0000000160. The third kappa shape index (κ3) is 4220. The summed E-state index contributed by atoms with van der Waals surface area (Å²) in [6.45, 7) is 0. The van der Waals surface area contributed by atoms with Gasteiger partial charge in [-0.25, -0.2) is 0 Å². The maximum absolute atomic E-state index is 8.52. The third-order valence-corrected chi connectivity index (χ3v) is 0. The zero-order chi connectivity index (χ0) is 13.5. The van der Waals surface area contributed by atoms with Gasteiger partial charge in [0.15, 0.2) is 0 Å². The van der Waals surface area contributed by atoms with E-state index in [1.165, 1.54) is 0 Å². The Labute approximate surface area is 151 Å². The molecule has 0 aliphatic heterocycles. The Kier molecular flexibility index (Phi) is 50.2. The first kappa shape index (κ1) is 49.6. The van der Waals surface area contributed by atoms with Crippen LogP contribution in [0.25, 0.3) is 0 Å². The fourth-order valence-electron chi connectivity index (χ4n) is 0. The first-order valence-corrected chi connectivity index (χ1v) is 6.00. The molecule has 0 spiro atoms. The van der Waals surface area contributed by atoms with Gasteiger partial charge < -0.3 is 43.7 Å². The van der Waals surface area contributed by atoms with Gasteiger partial charge in [0.25, 0.3) is 0 Å². The summed E-state index contributed by atoms with van der Waals surface area (Å²) in [6.07, 6.45) is 0. The van der Waals surface area contributed by atoms with Crippen LogP contribution in [0.5, 0.6) is 0 Å². The van der Waals surface area contributed by atoms with Crippen molar-refractivity contribution in [3.8, 4) is 0 Å². The van der Waals surface area contributed by atoms with Gasteiger partial charge >= 0.3 is 51.7 Å². The molecule has 20 heavy (non-hydrogen) atoms. The van der Waals surface area contributed by atoms with E-state index >= 15 is 0 Å². The molecular weight excluding hydrogens is 566 g/mol. The number of rotatable bonds is 0. The minimum atomic E-state index is -5.17. The van der Waals surface area contributed by atoms with Crippen LogP contribution in [0.3, 0.4) is 0 Å². The fraction of sp³-hybridized carbons (Fsp3) is 0. The first-order valence-electron chi connectivity index (χ1n) is 2.00. The van der Waals surface area contributed by atoms with Gasteiger partial charge in [-0.05, 0) is 0 Å². The van der Waals surface area contributed by atoms with Gasteiger partial charge in [0.2, 0.25) is 0 Å². The van der Waals surface area contributed by atoms with Crippen LogP contribution in [0, 0.1) is 0 Å². The standard InChI is InChI=1S/2In.3H2O4S.3H2O/c;;3*1-5(2,3)4;;;/h;;3*(H2,1,2,3,4);3*1H2/q2*+3;;;;;;/p-6. The molecule has 0 atom stereocenters. The van der Waals surface area contributed by atoms with Gasteiger partial charge in [-0.2, -0.15) is 0 Å². The van der Waals surface area contributed by atoms with E-state index in [9.17, 15) is 0 Å². The SMILES string of the molecule is O.O.O.O=S(=O)([O-])[O-].O=S(=O)([O-])[O-].O=S(=O)([O-])[O-].[In+3].[In+3]. The van der Waals surface area contributed by atoms with Crippen LogP contribution in [0.15, 0.2) is 0 Å². The van der Waals surface area contributed by atoms with Crippen molar-refractivity contribution in [1.82, 2.24) is 0 Å². The van der Waals surface area contributed by atoms with E-state index in [0.29, 0.717) is 0 Å². The topological polar surface area (TPSA) is 335 Å². The quantitative estimate of drug-likeness (QED) is 0.193. The van der Waals surface area contributed by atoms with Crippen LogP contribution in [-0.4, -0.2) is 121 Å². The van der Waals surface area contributed by atoms with Crippen molar-refractivity contribution in [3.05, 3.63) is 0 Å². The second-order valence-corrected chi connectivity index (χ2v) is 3.67. The van der Waals surface area contributed by atoms with Crippen molar-refractivity contribution in [2.24, 2.45) is 0 Å². The first-order chi connectivity index (χ1) is 6.00. The molecule has 0 unspecified atom stereocenters. The molecule has 0 amide bonds. The van der Waals surface area contributed by atoms with E-state index in [1.54, 1.807) is 0 Å². The van der Waals surface area contributed by atoms with Crippen LogP contribution in [-0.2, 0) is 31.2 Å². The predicted octanol–water partition coefficient (Wildman–Crippen LogP) is -7.25. The Hall–Kier alpha value is 1.23. The molecular formula is H6In2O15S3. The number of hydrogen-bond donors (Lipinski definition) is 0. The Bertz CT molecular complexity index is 342. The summed E-state index contributed by atoms with van der Waals surface area (Å²) in [7, 11) is -15.5. The molecule has 0 aliphatic carbocycles. The monoisotopic (exact) mass is 572 g/mol. The summed E-state index contributed by atoms with van der Waals surface area (Å²) in [5.41, 5.74) is 0. The predicted molar refractivity (Wildman–Crippen MR) is 53.8 cm³/mol. The van der Waals surface area contributed by atoms with Gasteiger partial charge in [-0.3, -0.25) is 25.3 Å². The number of hydrogen-bond acceptors (Lipinski definition) is 12. The van der Waals surface area contributed by atoms with Crippen LogP contribution >= 0.6 is 0 Å². The Morgan fingerprint density at radius 1 is 0.400 bits per heavy atom. The molecule has 120 valence electrons. The van der Waals surface area contributed by atoms with Crippen molar-refractivity contribution in [2.75, 3.05) is 0 Å². The molecule has 0 aromatic rings. The average Bonchev–Trinajstić information content (AvgIpc) is 1.41. The molecule has 0 bridgehead atoms. The van der Waals surface area contributed by atoms with Crippen molar-refractivity contribution >= 4 is 82.9 Å². The second kappa shape index (κ2) is 20.2. The zero-order valence-corrected chi connectivity index (χ0v) is 17.8. The Morgan fingerprint density at radius 3 is 0.400 bits per heavy atom. The van der Waals surface area contributed by atoms with Crippen LogP contribution in [0.4, 0.5) is 0 Å². The van der Waals surface area contributed by atoms with E-state index in [2.05, 4.69) is 0 Å². The molecule has 0 rings (SSSR count). The van der Waals surface area contributed by atoms with E-state index in [0.717, 1.165) is 0 Å². The molecule has 0 aromatic heterocycles. The molecule has 20 heteroatoms. The summed E-state index contributed by atoms with van der Waals surface area (Å²) in [5.74, 6) is 0. The van der Waals surface area contributed by atoms with Gasteiger partial charge in [0.05, 0.1) is 0 Å². The van der Waals surface area contributed by atoms with Crippen molar-refractivity contribution in [3.63, 3.8) is 0 Å². The maximum atomic E-state index is 8.52. The van der Waals surface area contributed by atoms with Gasteiger partial charge in [0.1, 0.15) is 0 Å². The normalized spacial score (nSPS) is 8.70. The maximum Gasteiger partial charge on any atom is 3.00 e. The molecule has 0 heterocycles. The molecule has 0 aliphatic rings. The largest absolute Gasteiger partial charge is 3.00 e. The van der Waals surface area contributed by atoms with E-state index in [1.807, 2.05) is 0 Å². The molecule has 0 saturated heterocycles. The van der Waals surface area contributed by atoms with Gasteiger partial charge in [-0.1, -0.05) is 0 Å². The summed E-state index contributed by atoms with van der Waals surface area (Å²) in [5, 5.41) is 0. The van der Waals surface area contributed by atoms with E-state index in [-0.39, 0.29) is 68.1 Å². The summed E-state index contributed by atoms with van der Waals surface area (Å²) >= 11 is 0. The Morgan fingerprint density at radius 2 is 0.400 bits per heavy atom. The van der Waals surface area contributed by atoms with Crippen LogP contribution < -0.4 is 0 Å². The minimum Gasteiger partial charge on any atom is -0.759 e. The summed E-state index contributed by atoms with van der Waals surface area (Å²) in [4.78, 5) is 0. The molecule has 0 radical (unpaired) electrons. The summed E-state index contributed by atoms with van der Waals surface area (Å²) in [6, 6.07) is 0. The molecule has 15 nitrogen and oxygen atoms in total. The van der Waals surface area contributed by atoms with Crippen LogP contribution in [0.2, 0.25) is 0 Å². The molecule has 0 aromatic carbocycles. The van der Waals surface area contributed by atoms with Crippen molar-refractivity contribution in [1.29, 1.82) is 0 Å². The molecule has 6 N–H and O–H groups in total. The van der Waals surface area contributed by atoms with Crippen LogP contribution in [0.1, 0.15) is 0 Å². The third-order valence-electron chi connectivity index (χ3n) is 0. The van der Waals surface area contributed by atoms with E-state index < -0.39 is 31.2 Å².